The molecule has 5 heteroatoms. The Morgan fingerprint density at radius 3 is 2.26 bits per heavy atom. The minimum absolute atomic E-state index is 0.0697. The molecule has 0 radical (unpaired) electrons. The molecule has 0 saturated carbocycles. The number of benzene rings is 1. The van der Waals surface area contributed by atoms with Gasteiger partial charge in [0.05, 0.1) is 4.90 Å². The van der Waals surface area contributed by atoms with E-state index in [1.54, 1.807) is 24.3 Å². The minimum atomic E-state index is -3.45. The van der Waals surface area contributed by atoms with Crippen molar-refractivity contribution in [2.75, 3.05) is 6.54 Å². The second-order valence-electron chi connectivity index (χ2n) is 4.96. The Hall–Kier alpha value is -0.650. The molecule has 1 aromatic rings. The molecule has 0 heterocycles. The van der Waals surface area contributed by atoms with E-state index in [2.05, 4.69) is 27.2 Å². The largest absolute Gasteiger partial charge is 0.240 e. The van der Waals surface area contributed by atoms with Crippen LogP contribution in [0.25, 0.3) is 0 Å². The van der Waals surface area contributed by atoms with E-state index >= 15 is 0 Å². The van der Waals surface area contributed by atoms with Gasteiger partial charge in [-0.1, -0.05) is 54.1 Å². The first-order valence-electron chi connectivity index (χ1n) is 6.14. The van der Waals surface area contributed by atoms with E-state index in [1.807, 2.05) is 20.8 Å². The first-order chi connectivity index (χ1) is 8.74. The Morgan fingerprint density at radius 2 is 1.84 bits per heavy atom. The Bertz CT molecular complexity index is 535. The fourth-order valence-corrected chi connectivity index (χ4v) is 3.46. The van der Waals surface area contributed by atoms with Gasteiger partial charge >= 0.3 is 0 Å². The van der Waals surface area contributed by atoms with Crippen molar-refractivity contribution >= 4 is 26.0 Å². The normalized spacial score (nSPS) is 13.5. The van der Waals surface area contributed by atoms with Crippen molar-refractivity contribution < 1.29 is 8.42 Å². The highest BCUT2D eigenvalue weighted by atomic mass is 79.9. The van der Waals surface area contributed by atoms with Crippen LogP contribution in [0.1, 0.15) is 19.4 Å². The summed E-state index contributed by atoms with van der Waals surface area (Å²) in [7, 11) is -3.45. The van der Waals surface area contributed by atoms with Gasteiger partial charge < -0.3 is 0 Å². The highest BCUT2D eigenvalue weighted by Crippen LogP contribution is 2.23. The van der Waals surface area contributed by atoms with Crippen LogP contribution in [0.5, 0.6) is 0 Å². The number of rotatable bonds is 6. The molecule has 19 heavy (non-hydrogen) atoms. The van der Waals surface area contributed by atoms with Crippen LogP contribution < -0.4 is 4.72 Å². The Balaban J connectivity index is 2.80. The van der Waals surface area contributed by atoms with Crippen LogP contribution in [0.3, 0.4) is 0 Å². The predicted octanol–water partition coefficient (Wildman–Crippen LogP) is 3.45. The molecule has 0 spiro atoms. The molecule has 1 atom stereocenters. The summed E-state index contributed by atoms with van der Waals surface area (Å²) in [5.41, 5.74) is 1.04. The molecule has 1 rings (SSSR count). The molecule has 1 N–H and O–H groups in total. The molecule has 106 valence electrons. The van der Waals surface area contributed by atoms with Gasteiger partial charge in [0.25, 0.3) is 0 Å². The number of hydrogen-bond donors (Lipinski definition) is 1. The van der Waals surface area contributed by atoms with Crippen LogP contribution in [-0.4, -0.2) is 15.0 Å². The molecule has 0 aliphatic heterocycles. The van der Waals surface area contributed by atoms with Gasteiger partial charge in [0, 0.05) is 12.5 Å². The topological polar surface area (TPSA) is 46.2 Å². The lowest BCUT2D eigenvalue weighted by Crippen LogP contribution is -2.31. The van der Waals surface area contributed by atoms with E-state index in [-0.39, 0.29) is 5.92 Å². The van der Waals surface area contributed by atoms with Crippen molar-refractivity contribution in [3.05, 3.63) is 40.9 Å². The highest BCUT2D eigenvalue weighted by Gasteiger charge is 2.20. The van der Waals surface area contributed by atoms with Gasteiger partial charge in [-0.05, 0) is 29.5 Å². The maximum absolute atomic E-state index is 12.1. The minimum Gasteiger partial charge on any atom is -0.211 e. The second-order valence-corrected chi connectivity index (χ2v) is 7.75. The molecule has 0 aliphatic rings. The average molecular weight is 346 g/mol. The SMILES string of the molecule is C=C(Br)C(CNS(=O)(=O)c1ccc(C)cc1)C(C)C. The van der Waals surface area contributed by atoms with Gasteiger partial charge in [-0.15, -0.1) is 0 Å². The van der Waals surface area contributed by atoms with Crippen molar-refractivity contribution in [1.82, 2.24) is 4.72 Å². The lowest BCUT2D eigenvalue weighted by molar-refractivity contribution is 0.453. The Morgan fingerprint density at radius 1 is 1.32 bits per heavy atom. The molecule has 1 aromatic carbocycles. The highest BCUT2D eigenvalue weighted by molar-refractivity contribution is 9.11. The molecule has 0 aromatic heterocycles. The number of halogens is 1. The van der Waals surface area contributed by atoms with Crippen LogP contribution in [0, 0.1) is 18.8 Å². The van der Waals surface area contributed by atoms with Crippen LogP contribution in [0.2, 0.25) is 0 Å². The molecule has 0 amide bonds. The first-order valence-corrected chi connectivity index (χ1v) is 8.42. The molecule has 1 unspecified atom stereocenters. The Labute approximate surface area is 124 Å². The van der Waals surface area contributed by atoms with Crippen molar-refractivity contribution in [1.29, 1.82) is 0 Å². The second kappa shape index (κ2) is 6.68. The van der Waals surface area contributed by atoms with Gasteiger partial charge in [-0.25, -0.2) is 13.1 Å². The molecule has 0 saturated heterocycles. The maximum atomic E-state index is 12.1. The molecular formula is C14H20BrNO2S. The summed E-state index contributed by atoms with van der Waals surface area (Å²) in [5.74, 6) is 0.382. The quantitative estimate of drug-likeness (QED) is 0.858. The summed E-state index contributed by atoms with van der Waals surface area (Å²) in [6.07, 6.45) is 0. The van der Waals surface area contributed by atoms with E-state index in [4.69, 9.17) is 0 Å². The van der Waals surface area contributed by atoms with E-state index < -0.39 is 10.0 Å². The molecule has 3 nitrogen and oxygen atoms in total. The van der Waals surface area contributed by atoms with Crippen LogP contribution >= 0.6 is 15.9 Å². The van der Waals surface area contributed by atoms with Gasteiger partial charge in [0.15, 0.2) is 0 Å². The van der Waals surface area contributed by atoms with E-state index in [1.165, 1.54) is 0 Å². The smallest absolute Gasteiger partial charge is 0.211 e. The third-order valence-electron chi connectivity index (χ3n) is 3.03. The molecular weight excluding hydrogens is 326 g/mol. The van der Waals surface area contributed by atoms with Crippen molar-refractivity contribution in [3.8, 4) is 0 Å². The summed E-state index contributed by atoms with van der Waals surface area (Å²) >= 11 is 3.35. The van der Waals surface area contributed by atoms with Gasteiger partial charge in [0.2, 0.25) is 10.0 Å². The average Bonchev–Trinajstić information content (AvgIpc) is 2.28. The number of hydrogen-bond acceptors (Lipinski definition) is 2. The van der Waals surface area contributed by atoms with Crippen molar-refractivity contribution in [2.45, 2.75) is 25.7 Å². The molecule has 0 bridgehead atoms. The third-order valence-corrected chi connectivity index (χ3v) is 5.06. The van der Waals surface area contributed by atoms with E-state index in [9.17, 15) is 8.42 Å². The fraction of sp³-hybridized carbons (Fsp3) is 0.429. The zero-order valence-electron chi connectivity index (χ0n) is 11.5. The Kier molecular flexibility index (Phi) is 5.77. The zero-order valence-corrected chi connectivity index (χ0v) is 13.9. The number of sulfonamides is 1. The fourth-order valence-electron chi connectivity index (χ4n) is 1.71. The van der Waals surface area contributed by atoms with Gasteiger partial charge in [-0.2, -0.15) is 0 Å². The summed E-state index contributed by atoms with van der Waals surface area (Å²) in [6, 6.07) is 6.81. The maximum Gasteiger partial charge on any atom is 0.240 e. The van der Waals surface area contributed by atoms with E-state index in [0.717, 1.165) is 10.0 Å². The lowest BCUT2D eigenvalue weighted by atomic mass is 9.96. The summed E-state index contributed by atoms with van der Waals surface area (Å²) in [5, 5.41) is 0. The summed E-state index contributed by atoms with van der Waals surface area (Å²) in [6.45, 7) is 10.2. The first kappa shape index (κ1) is 16.4. The van der Waals surface area contributed by atoms with Crippen molar-refractivity contribution in [2.24, 2.45) is 11.8 Å². The number of aryl methyl sites for hydroxylation is 1. The lowest BCUT2D eigenvalue weighted by Gasteiger charge is -2.20. The van der Waals surface area contributed by atoms with Crippen LogP contribution in [-0.2, 0) is 10.0 Å². The van der Waals surface area contributed by atoms with E-state index in [0.29, 0.717) is 17.4 Å². The third kappa shape index (κ3) is 4.75. The number of nitrogens with one attached hydrogen (secondary N) is 1. The van der Waals surface area contributed by atoms with Crippen LogP contribution in [0.15, 0.2) is 40.2 Å². The monoisotopic (exact) mass is 345 g/mol. The predicted molar refractivity (Wildman–Crippen MR) is 82.8 cm³/mol. The molecule has 0 fully saturated rings. The summed E-state index contributed by atoms with van der Waals surface area (Å²) in [4.78, 5) is 0.292. The zero-order chi connectivity index (χ0) is 14.6. The summed E-state index contributed by atoms with van der Waals surface area (Å²) < 4.78 is 27.7. The molecule has 0 aliphatic carbocycles. The van der Waals surface area contributed by atoms with Crippen LogP contribution in [0.4, 0.5) is 0 Å². The van der Waals surface area contributed by atoms with Gasteiger partial charge in [-0.3, -0.25) is 0 Å². The van der Waals surface area contributed by atoms with Gasteiger partial charge in [0.1, 0.15) is 0 Å². The standard InChI is InChI=1S/C14H20BrNO2S/c1-10(2)14(12(4)15)9-16-19(17,18)13-7-5-11(3)6-8-13/h5-8,10,14,16H,4,9H2,1-3H3. The van der Waals surface area contributed by atoms with Crippen molar-refractivity contribution in [3.63, 3.8) is 0 Å².